The normalized spacial score (nSPS) is 12.8. The van der Waals surface area contributed by atoms with Crippen LogP contribution in [0.25, 0.3) is 44.5 Å². The van der Waals surface area contributed by atoms with Crippen LogP contribution in [0.5, 0.6) is 11.5 Å². The van der Waals surface area contributed by atoms with E-state index >= 15 is 0 Å². The molecule has 0 atom stereocenters. The average molecular weight is 770 g/mol. The molecule has 0 amide bonds. The van der Waals surface area contributed by atoms with Gasteiger partial charge in [-0.05, 0) is 124 Å². The fraction of sp³-hybridized carbons (Fsp3) is 0.0690. The third-order valence-electron chi connectivity index (χ3n) is 12.6. The van der Waals surface area contributed by atoms with Crippen molar-refractivity contribution >= 4 is 17.1 Å². The lowest BCUT2D eigenvalue weighted by Crippen LogP contribution is -2.32. The Kier molecular flexibility index (Phi) is 8.42. The van der Waals surface area contributed by atoms with Crippen LogP contribution in [0.3, 0.4) is 0 Å². The number of hydrogen-bond acceptors (Lipinski definition) is 2. The highest BCUT2D eigenvalue weighted by Gasteiger charge is 2.52. The summed E-state index contributed by atoms with van der Waals surface area (Å²) in [6, 6.07) is 75.3. The molecule has 1 spiro atoms. The Morgan fingerprint density at radius 2 is 0.850 bits per heavy atom. The molecule has 1 aliphatic carbocycles. The first-order valence-corrected chi connectivity index (χ1v) is 20.8. The van der Waals surface area contributed by atoms with Gasteiger partial charge >= 0.3 is 0 Å². The van der Waals surface area contributed by atoms with Crippen molar-refractivity contribution in [3.8, 4) is 56.0 Å². The summed E-state index contributed by atoms with van der Waals surface area (Å²) < 4.78 is 6.97. The van der Waals surface area contributed by atoms with E-state index in [1.807, 2.05) is 0 Å². The van der Waals surface area contributed by atoms with Gasteiger partial charge in [-0.2, -0.15) is 0 Å². The molecule has 2 aliphatic rings. The summed E-state index contributed by atoms with van der Waals surface area (Å²) in [4.78, 5) is 2.51. The Hall–Kier alpha value is -7.42. The number of ether oxygens (including phenoxy) is 1. The molecule has 0 bridgehead atoms. The molecule has 1 heterocycles. The molecule has 9 aromatic carbocycles. The van der Waals surface area contributed by atoms with E-state index in [0.29, 0.717) is 0 Å². The van der Waals surface area contributed by atoms with Gasteiger partial charge in [-0.1, -0.05) is 169 Å². The molecule has 0 unspecified atom stereocenters. The average Bonchev–Trinajstić information content (AvgIpc) is 3.59. The van der Waals surface area contributed by atoms with Crippen LogP contribution in [0.1, 0.15) is 38.9 Å². The van der Waals surface area contributed by atoms with E-state index in [2.05, 4.69) is 232 Å². The summed E-state index contributed by atoms with van der Waals surface area (Å²) >= 11 is 0. The molecule has 286 valence electrons. The molecule has 0 aromatic heterocycles. The van der Waals surface area contributed by atoms with Crippen LogP contribution in [0.15, 0.2) is 206 Å². The summed E-state index contributed by atoms with van der Waals surface area (Å²) in [5.41, 5.74) is 20.8. The number of hydrogen-bond donors (Lipinski definition) is 0. The van der Waals surface area contributed by atoms with Gasteiger partial charge in [0.2, 0.25) is 0 Å². The molecule has 2 heteroatoms. The molecule has 0 saturated heterocycles. The Bertz CT molecular complexity index is 2960. The fourth-order valence-corrected chi connectivity index (χ4v) is 10.1. The first-order valence-electron chi connectivity index (χ1n) is 20.8. The second kappa shape index (κ2) is 14.1. The lowest BCUT2D eigenvalue weighted by molar-refractivity contribution is 0.436. The predicted octanol–water partition coefficient (Wildman–Crippen LogP) is 15.6. The summed E-state index contributed by atoms with van der Waals surface area (Å²) in [5.74, 6) is 1.75. The topological polar surface area (TPSA) is 12.5 Å². The number of nitrogens with zero attached hydrogens (tertiary/aromatic N) is 1. The van der Waals surface area contributed by atoms with Crippen molar-refractivity contribution in [2.45, 2.75) is 26.2 Å². The van der Waals surface area contributed by atoms with Gasteiger partial charge in [0.05, 0.1) is 16.8 Å². The molecule has 0 radical (unpaired) electrons. The lowest BCUT2D eigenvalue weighted by Gasteiger charge is -2.40. The van der Waals surface area contributed by atoms with Crippen LogP contribution in [-0.4, -0.2) is 0 Å². The van der Waals surface area contributed by atoms with Crippen LogP contribution in [0, 0.1) is 20.8 Å². The van der Waals surface area contributed by atoms with E-state index in [4.69, 9.17) is 4.74 Å². The van der Waals surface area contributed by atoms with Crippen molar-refractivity contribution in [3.63, 3.8) is 0 Å². The number of fused-ring (bicyclic) bond motifs is 9. The maximum atomic E-state index is 6.97. The zero-order chi connectivity index (χ0) is 40.4. The number of rotatable bonds is 6. The molecular weight excluding hydrogens is 727 g/mol. The van der Waals surface area contributed by atoms with Gasteiger partial charge in [0.25, 0.3) is 0 Å². The Labute approximate surface area is 352 Å². The quantitative estimate of drug-likeness (QED) is 0.167. The van der Waals surface area contributed by atoms with E-state index in [1.54, 1.807) is 0 Å². The summed E-state index contributed by atoms with van der Waals surface area (Å²) in [6.07, 6.45) is 0. The van der Waals surface area contributed by atoms with E-state index in [0.717, 1.165) is 45.1 Å². The standard InChI is InChI=1S/C58H43NO/c1-38-34-39(2)57(40(3)35-38)59(47-30-26-44(27-31-47)41-16-7-4-8-17-41)53-25-15-24-50-56(53)48-22-13-14-23-49(48)58(50)51-36-45(42-18-9-5-10-19-42)28-32-54(51)60-55-33-29-46(37-52(55)58)43-20-11-6-12-21-43/h4-37H,1-3H3. The van der Waals surface area contributed by atoms with Crippen molar-refractivity contribution in [2.75, 3.05) is 4.90 Å². The second-order valence-corrected chi connectivity index (χ2v) is 16.2. The Morgan fingerprint density at radius 1 is 0.383 bits per heavy atom. The maximum Gasteiger partial charge on any atom is 0.132 e. The monoisotopic (exact) mass is 769 g/mol. The van der Waals surface area contributed by atoms with Crippen molar-refractivity contribution in [1.82, 2.24) is 0 Å². The van der Waals surface area contributed by atoms with Crippen molar-refractivity contribution in [3.05, 3.63) is 245 Å². The van der Waals surface area contributed by atoms with E-state index in [9.17, 15) is 0 Å². The first-order chi connectivity index (χ1) is 29.5. The van der Waals surface area contributed by atoms with Crippen LogP contribution in [0.2, 0.25) is 0 Å². The first kappa shape index (κ1) is 35.7. The fourth-order valence-electron chi connectivity index (χ4n) is 10.1. The lowest BCUT2D eigenvalue weighted by atomic mass is 9.65. The van der Waals surface area contributed by atoms with E-state index in [-0.39, 0.29) is 0 Å². The zero-order valence-corrected chi connectivity index (χ0v) is 34.0. The van der Waals surface area contributed by atoms with Gasteiger partial charge in [-0.3, -0.25) is 0 Å². The van der Waals surface area contributed by atoms with Crippen molar-refractivity contribution in [1.29, 1.82) is 0 Å². The third-order valence-corrected chi connectivity index (χ3v) is 12.6. The third kappa shape index (κ3) is 5.56. The molecule has 0 saturated carbocycles. The highest BCUT2D eigenvalue weighted by atomic mass is 16.5. The summed E-state index contributed by atoms with van der Waals surface area (Å²) in [5, 5.41) is 0. The Balaban J connectivity index is 1.22. The highest BCUT2D eigenvalue weighted by Crippen LogP contribution is 2.65. The molecular formula is C58H43NO. The van der Waals surface area contributed by atoms with Gasteiger partial charge < -0.3 is 9.64 Å². The SMILES string of the molecule is Cc1cc(C)c(N(c2ccc(-c3ccccc3)cc2)c2cccc3c2-c2ccccc2C32c3cc(-c4ccccc4)ccc3Oc3ccc(-c4ccccc4)cc32)c(C)c1. The maximum absolute atomic E-state index is 6.97. The second-order valence-electron chi connectivity index (χ2n) is 16.2. The number of aryl methyl sites for hydroxylation is 3. The summed E-state index contributed by atoms with van der Waals surface area (Å²) in [6.45, 7) is 6.69. The van der Waals surface area contributed by atoms with Crippen molar-refractivity contribution in [2.24, 2.45) is 0 Å². The molecule has 9 aromatic rings. The number of anilines is 3. The van der Waals surface area contributed by atoms with Crippen molar-refractivity contribution < 1.29 is 4.74 Å². The van der Waals surface area contributed by atoms with Gasteiger partial charge in [0.1, 0.15) is 11.5 Å². The Morgan fingerprint density at radius 3 is 1.42 bits per heavy atom. The highest BCUT2D eigenvalue weighted by molar-refractivity contribution is 5.99. The molecule has 11 rings (SSSR count). The van der Waals surface area contributed by atoms with Crippen LogP contribution in [0.4, 0.5) is 17.1 Å². The van der Waals surface area contributed by atoms with Crippen LogP contribution < -0.4 is 9.64 Å². The van der Waals surface area contributed by atoms with Crippen LogP contribution >= 0.6 is 0 Å². The zero-order valence-electron chi connectivity index (χ0n) is 34.0. The summed E-state index contributed by atoms with van der Waals surface area (Å²) in [7, 11) is 0. The molecule has 60 heavy (non-hydrogen) atoms. The largest absolute Gasteiger partial charge is 0.457 e. The minimum atomic E-state index is -0.680. The smallest absolute Gasteiger partial charge is 0.132 e. The predicted molar refractivity (Wildman–Crippen MR) is 249 cm³/mol. The van der Waals surface area contributed by atoms with Crippen LogP contribution in [-0.2, 0) is 5.41 Å². The van der Waals surface area contributed by atoms with E-state index < -0.39 is 5.41 Å². The van der Waals surface area contributed by atoms with Gasteiger partial charge in [-0.15, -0.1) is 0 Å². The van der Waals surface area contributed by atoms with Gasteiger partial charge in [0.15, 0.2) is 0 Å². The molecule has 0 N–H and O–H groups in total. The van der Waals surface area contributed by atoms with E-state index in [1.165, 1.54) is 66.9 Å². The number of benzene rings is 9. The molecule has 1 aliphatic heterocycles. The minimum absolute atomic E-state index is 0.680. The molecule has 2 nitrogen and oxygen atoms in total. The van der Waals surface area contributed by atoms with Gasteiger partial charge in [0, 0.05) is 22.4 Å². The minimum Gasteiger partial charge on any atom is -0.457 e. The van der Waals surface area contributed by atoms with Gasteiger partial charge in [-0.25, -0.2) is 0 Å². The molecule has 0 fully saturated rings.